The smallest absolute Gasteiger partial charge is 0.154 e. The van der Waals surface area contributed by atoms with E-state index in [0.717, 1.165) is 12.2 Å². The summed E-state index contributed by atoms with van der Waals surface area (Å²) in [5, 5.41) is 3.14. The normalized spacial score (nSPS) is 22.5. The molecule has 0 bridgehead atoms. The molecule has 0 saturated carbocycles. The van der Waals surface area contributed by atoms with Gasteiger partial charge in [-0.3, -0.25) is 0 Å². The summed E-state index contributed by atoms with van der Waals surface area (Å²) in [4.78, 5) is 2.21. The molecular formula is C14H22N2O2S. The predicted octanol–water partition coefficient (Wildman–Crippen LogP) is 1.34. The molecular weight excluding hydrogens is 260 g/mol. The van der Waals surface area contributed by atoms with Crippen molar-refractivity contribution in [2.24, 2.45) is 0 Å². The lowest BCUT2D eigenvalue weighted by molar-refractivity contribution is 0.568. The Bertz CT molecular complexity index is 555. The van der Waals surface area contributed by atoms with Crippen LogP contribution in [0.3, 0.4) is 0 Å². The van der Waals surface area contributed by atoms with E-state index in [0.29, 0.717) is 6.54 Å². The number of aryl methyl sites for hydroxylation is 1. The first kappa shape index (κ1) is 14.3. The second-order valence-corrected chi connectivity index (χ2v) is 7.54. The first-order chi connectivity index (χ1) is 8.93. The second-order valence-electron chi connectivity index (χ2n) is 5.31. The van der Waals surface area contributed by atoms with Crippen molar-refractivity contribution in [2.45, 2.75) is 26.4 Å². The molecule has 1 fully saturated rings. The maximum Gasteiger partial charge on any atom is 0.154 e. The van der Waals surface area contributed by atoms with Crippen LogP contribution in [0.25, 0.3) is 0 Å². The molecule has 1 N–H and O–H groups in total. The molecule has 106 valence electrons. The third-order valence-corrected chi connectivity index (χ3v) is 5.42. The lowest BCUT2D eigenvalue weighted by Gasteiger charge is -2.36. The molecule has 1 saturated heterocycles. The zero-order valence-electron chi connectivity index (χ0n) is 11.8. The summed E-state index contributed by atoms with van der Waals surface area (Å²) in [5.41, 5.74) is 3.61. The van der Waals surface area contributed by atoms with Crippen molar-refractivity contribution in [1.29, 1.82) is 0 Å². The number of hydrogen-bond donors (Lipinski definition) is 1. The summed E-state index contributed by atoms with van der Waals surface area (Å²) in [5.74, 6) is 0.514. The Morgan fingerprint density at radius 2 is 2.16 bits per heavy atom. The third kappa shape index (κ3) is 3.28. The highest BCUT2D eigenvalue weighted by molar-refractivity contribution is 7.91. The van der Waals surface area contributed by atoms with Gasteiger partial charge in [0.1, 0.15) is 0 Å². The fourth-order valence-corrected chi connectivity index (χ4v) is 4.27. The van der Waals surface area contributed by atoms with Crippen LogP contribution < -0.4 is 10.2 Å². The zero-order valence-corrected chi connectivity index (χ0v) is 12.6. The average Bonchev–Trinajstić information content (AvgIpc) is 2.30. The van der Waals surface area contributed by atoms with Gasteiger partial charge in [0.05, 0.1) is 11.5 Å². The number of sulfone groups is 1. The molecule has 0 aliphatic carbocycles. The molecule has 19 heavy (non-hydrogen) atoms. The van der Waals surface area contributed by atoms with E-state index in [4.69, 9.17) is 0 Å². The monoisotopic (exact) mass is 282 g/mol. The minimum atomic E-state index is -2.85. The van der Waals surface area contributed by atoms with Crippen LogP contribution in [0.15, 0.2) is 18.2 Å². The summed E-state index contributed by atoms with van der Waals surface area (Å²) in [6, 6.07) is 6.43. The lowest BCUT2D eigenvalue weighted by atomic mass is 10.1. The van der Waals surface area contributed by atoms with E-state index in [2.05, 4.69) is 35.3 Å². The van der Waals surface area contributed by atoms with Crippen LogP contribution in [-0.2, 0) is 16.4 Å². The largest absolute Gasteiger partial charge is 0.367 e. The Balaban J connectivity index is 2.23. The van der Waals surface area contributed by atoms with Crippen molar-refractivity contribution in [3.05, 3.63) is 29.3 Å². The second kappa shape index (κ2) is 5.51. The Morgan fingerprint density at radius 3 is 2.74 bits per heavy atom. The van der Waals surface area contributed by atoms with Crippen molar-refractivity contribution >= 4 is 15.5 Å². The number of nitrogens with one attached hydrogen (secondary N) is 1. The lowest BCUT2D eigenvalue weighted by Crippen LogP contribution is -2.47. The number of hydrogen-bond acceptors (Lipinski definition) is 4. The van der Waals surface area contributed by atoms with Crippen LogP contribution in [0.5, 0.6) is 0 Å². The van der Waals surface area contributed by atoms with Crippen molar-refractivity contribution in [3.63, 3.8) is 0 Å². The van der Waals surface area contributed by atoms with E-state index in [1.165, 1.54) is 11.1 Å². The van der Waals surface area contributed by atoms with E-state index in [-0.39, 0.29) is 17.5 Å². The van der Waals surface area contributed by atoms with Crippen LogP contribution in [0, 0.1) is 6.92 Å². The SMILES string of the molecule is CNCc1ccc(N2CCS(=O)(=O)CC2C)c(C)c1. The first-order valence-corrected chi connectivity index (χ1v) is 8.46. The van der Waals surface area contributed by atoms with Gasteiger partial charge in [0.2, 0.25) is 0 Å². The van der Waals surface area contributed by atoms with Crippen molar-refractivity contribution in [3.8, 4) is 0 Å². The number of anilines is 1. The Labute approximate surface area is 115 Å². The summed E-state index contributed by atoms with van der Waals surface area (Å²) in [6.45, 7) is 5.52. The van der Waals surface area contributed by atoms with Crippen molar-refractivity contribution in [1.82, 2.24) is 5.32 Å². The summed E-state index contributed by atoms with van der Waals surface area (Å²) in [7, 11) is -0.923. The number of benzene rings is 1. The maximum absolute atomic E-state index is 11.6. The van der Waals surface area contributed by atoms with Crippen LogP contribution in [0.2, 0.25) is 0 Å². The highest BCUT2D eigenvalue weighted by Gasteiger charge is 2.28. The van der Waals surface area contributed by atoms with Gasteiger partial charge < -0.3 is 10.2 Å². The maximum atomic E-state index is 11.6. The molecule has 1 unspecified atom stereocenters. The van der Waals surface area contributed by atoms with Gasteiger partial charge >= 0.3 is 0 Å². The highest BCUT2D eigenvalue weighted by Crippen LogP contribution is 2.26. The van der Waals surface area contributed by atoms with Gasteiger partial charge in [0, 0.05) is 24.8 Å². The number of rotatable bonds is 3. The van der Waals surface area contributed by atoms with Gasteiger partial charge in [-0.15, -0.1) is 0 Å². The summed E-state index contributed by atoms with van der Waals surface area (Å²) in [6.07, 6.45) is 0. The molecule has 5 heteroatoms. The minimum absolute atomic E-state index is 0.0487. The van der Waals surface area contributed by atoms with E-state index in [1.54, 1.807) is 0 Å². The molecule has 1 atom stereocenters. The van der Waals surface area contributed by atoms with E-state index >= 15 is 0 Å². The molecule has 0 amide bonds. The van der Waals surface area contributed by atoms with Crippen molar-refractivity contribution in [2.75, 3.05) is 30.0 Å². The molecule has 1 aromatic carbocycles. The molecule has 2 rings (SSSR count). The molecule has 0 spiro atoms. The van der Waals surface area contributed by atoms with Gasteiger partial charge in [-0.2, -0.15) is 0 Å². The molecule has 1 aliphatic rings. The summed E-state index contributed by atoms with van der Waals surface area (Å²) < 4.78 is 23.3. The standard InChI is InChI=1S/C14H22N2O2S/c1-11-8-13(9-15-3)4-5-14(11)16-6-7-19(17,18)10-12(16)2/h4-5,8,12,15H,6-7,9-10H2,1-3H3. The van der Waals surface area contributed by atoms with E-state index < -0.39 is 9.84 Å². The third-order valence-electron chi connectivity index (χ3n) is 3.62. The van der Waals surface area contributed by atoms with Crippen LogP contribution in [-0.4, -0.2) is 39.6 Å². The van der Waals surface area contributed by atoms with E-state index in [1.807, 2.05) is 14.0 Å². The topological polar surface area (TPSA) is 49.4 Å². The Hall–Kier alpha value is -1.07. The Kier molecular flexibility index (Phi) is 4.16. The fraction of sp³-hybridized carbons (Fsp3) is 0.571. The first-order valence-electron chi connectivity index (χ1n) is 6.64. The summed E-state index contributed by atoms with van der Waals surface area (Å²) >= 11 is 0. The van der Waals surface area contributed by atoms with Crippen LogP contribution in [0.1, 0.15) is 18.1 Å². The quantitative estimate of drug-likeness (QED) is 0.909. The Morgan fingerprint density at radius 1 is 1.42 bits per heavy atom. The van der Waals surface area contributed by atoms with Crippen LogP contribution >= 0.6 is 0 Å². The molecule has 4 nitrogen and oxygen atoms in total. The average molecular weight is 282 g/mol. The zero-order chi connectivity index (χ0) is 14.0. The van der Waals surface area contributed by atoms with Gasteiger partial charge in [-0.25, -0.2) is 8.42 Å². The van der Waals surface area contributed by atoms with Gasteiger partial charge in [0.25, 0.3) is 0 Å². The van der Waals surface area contributed by atoms with Gasteiger partial charge in [0.15, 0.2) is 9.84 Å². The van der Waals surface area contributed by atoms with E-state index in [9.17, 15) is 8.42 Å². The molecule has 0 aromatic heterocycles. The van der Waals surface area contributed by atoms with Gasteiger partial charge in [-0.1, -0.05) is 12.1 Å². The highest BCUT2D eigenvalue weighted by atomic mass is 32.2. The number of nitrogens with zero attached hydrogens (tertiary/aromatic N) is 1. The van der Waals surface area contributed by atoms with Crippen molar-refractivity contribution < 1.29 is 8.42 Å². The predicted molar refractivity (Wildman–Crippen MR) is 79.4 cm³/mol. The van der Waals surface area contributed by atoms with Crippen LogP contribution in [0.4, 0.5) is 5.69 Å². The fourth-order valence-electron chi connectivity index (χ4n) is 2.71. The molecule has 0 radical (unpaired) electrons. The molecule has 1 aromatic rings. The molecule has 1 heterocycles. The van der Waals surface area contributed by atoms with Gasteiger partial charge in [-0.05, 0) is 38.1 Å². The minimum Gasteiger partial charge on any atom is -0.367 e. The molecule has 1 aliphatic heterocycles.